The minimum Gasteiger partial charge on any atom is -0.283 e. The van der Waals surface area contributed by atoms with E-state index in [2.05, 4.69) is 9.44 Å². The summed E-state index contributed by atoms with van der Waals surface area (Å²) in [4.78, 5) is -0.0159. The van der Waals surface area contributed by atoms with Gasteiger partial charge in [-0.1, -0.05) is 36.4 Å². The molecule has 3 aromatic rings. The lowest BCUT2D eigenvalue weighted by atomic mass is 10.2. The summed E-state index contributed by atoms with van der Waals surface area (Å²) in [6, 6.07) is 17.8. The van der Waals surface area contributed by atoms with Crippen LogP contribution in [0, 0.1) is 12.7 Å². The Morgan fingerprint density at radius 2 is 1.41 bits per heavy atom. The lowest BCUT2D eigenvalue weighted by Gasteiger charge is -2.12. The molecule has 0 fully saturated rings. The second-order valence-electron chi connectivity index (χ2n) is 6.40. The van der Waals surface area contributed by atoms with Gasteiger partial charge < -0.3 is 0 Å². The second kappa shape index (κ2) is 8.22. The molecule has 0 saturated heterocycles. The highest BCUT2D eigenvalue weighted by Crippen LogP contribution is 2.21. The van der Waals surface area contributed by atoms with Crippen molar-refractivity contribution >= 4 is 31.4 Å². The normalized spacial score (nSPS) is 11.8. The third-order valence-electron chi connectivity index (χ3n) is 4.13. The molecule has 29 heavy (non-hydrogen) atoms. The van der Waals surface area contributed by atoms with Gasteiger partial charge in [0.2, 0.25) is 10.0 Å². The molecule has 0 heterocycles. The zero-order valence-electron chi connectivity index (χ0n) is 15.5. The maximum Gasteiger partial charge on any atom is 0.261 e. The Hall–Kier alpha value is -2.91. The summed E-state index contributed by atoms with van der Waals surface area (Å²) in [6.45, 7) is 1.78. The molecule has 0 unspecified atom stereocenters. The third-order valence-corrected chi connectivity index (χ3v) is 6.75. The van der Waals surface area contributed by atoms with Crippen molar-refractivity contribution in [3.05, 3.63) is 89.7 Å². The van der Waals surface area contributed by atoms with Crippen molar-refractivity contribution < 1.29 is 21.2 Å². The Kier molecular flexibility index (Phi) is 5.90. The van der Waals surface area contributed by atoms with Crippen LogP contribution in [0.5, 0.6) is 0 Å². The van der Waals surface area contributed by atoms with Crippen molar-refractivity contribution in [3.63, 3.8) is 0 Å². The molecule has 0 bridgehead atoms. The van der Waals surface area contributed by atoms with Crippen molar-refractivity contribution in [1.82, 2.24) is 0 Å². The largest absolute Gasteiger partial charge is 0.283 e. The van der Waals surface area contributed by atoms with Crippen molar-refractivity contribution in [2.75, 3.05) is 9.44 Å². The van der Waals surface area contributed by atoms with Crippen LogP contribution in [0.1, 0.15) is 11.1 Å². The topological polar surface area (TPSA) is 92.3 Å². The number of hydrogen-bond acceptors (Lipinski definition) is 4. The van der Waals surface area contributed by atoms with Crippen molar-refractivity contribution in [3.8, 4) is 0 Å². The number of rotatable bonds is 7. The number of nitrogens with one attached hydrogen (secondary N) is 2. The van der Waals surface area contributed by atoms with Gasteiger partial charge in [0, 0.05) is 11.3 Å². The van der Waals surface area contributed by atoms with Crippen LogP contribution < -0.4 is 9.44 Å². The first-order valence-electron chi connectivity index (χ1n) is 8.59. The van der Waals surface area contributed by atoms with Crippen molar-refractivity contribution in [1.29, 1.82) is 0 Å². The summed E-state index contributed by atoms with van der Waals surface area (Å²) >= 11 is 0. The quantitative estimate of drug-likeness (QED) is 0.590. The van der Waals surface area contributed by atoms with E-state index in [-0.39, 0.29) is 16.1 Å². The number of halogens is 1. The number of para-hydroxylation sites is 1. The summed E-state index contributed by atoms with van der Waals surface area (Å²) in [5, 5.41) is 0. The summed E-state index contributed by atoms with van der Waals surface area (Å²) in [7, 11) is -7.70. The molecule has 0 saturated carbocycles. The molecule has 9 heteroatoms. The zero-order chi connectivity index (χ0) is 21.1. The van der Waals surface area contributed by atoms with E-state index in [9.17, 15) is 21.2 Å². The van der Waals surface area contributed by atoms with Gasteiger partial charge in [0.15, 0.2) is 0 Å². The van der Waals surface area contributed by atoms with Crippen LogP contribution in [0.2, 0.25) is 0 Å². The molecule has 3 aromatic carbocycles. The Morgan fingerprint density at radius 1 is 0.793 bits per heavy atom. The molecule has 0 aliphatic rings. The van der Waals surface area contributed by atoms with Gasteiger partial charge in [-0.05, 0) is 48.9 Å². The molecular formula is C20H19FN2O4S2. The van der Waals surface area contributed by atoms with Gasteiger partial charge in [0.05, 0.1) is 16.3 Å². The molecule has 0 amide bonds. The fourth-order valence-corrected chi connectivity index (χ4v) is 4.97. The van der Waals surface area contributed by atoms with Crippen LogP contribution in [0.3, 0.4) is 0 Å². The van der Waals surface area contributed by atoms with E-state index in [0.29, 0.717) is 5.69 Å². The molecule has 0 aliphatic carbocycles. The second-order valence-corrected chi connectivity index (χ2v) is 9.80. The van der Waals surface area contributed by atoms with Crippen LogP contribution in [0.4, 0.5) is 15.8 Å². The molecule has 0 aliphatic heterocycles. The molecule has 152 valence electrons. The molecule has 2 N–H and O–H groups in total. The summed E-state index contributed by atoms with van der Waals surface area (Å²) in [6.07, 6.45) is 0. The molecular weight excluding hydrogens is 415 g/mol. The highest BCUT2D eigenvalue weighted by molar-refractivity contribution is 7.92. The van der Waals surface area contributed by atoms with Crippen LogP contribution in [0.15, 0.2) is 77.7 Å². The first-order valence-corrected chi connectivity index (χ1v) is 11.7. The maximum atomic E-state index is 13.7. The van der Waals surface area contributed by atoms with E-state index < -0.39 is 31.6 Å². The van der Waals surface area contributed by atoms with E-state index in [1.165, 1.54) is 42.5 Å². The molecule has 0 spiro atoms. The summed E-state index contributed by atoms with van der Waals surface area (Å²) in [5.74, 6) is -1.14. The SMILES string of the molecule is Cc1ccccc1NS(=O)(=O)c1ccc(NS(=O)(=O)Cc2ccccc2F)cc1. The lowest BCUT2D eigenvalue weighted by molar-refractivity contribution is 0.591. The van der Waals surface area contributed by atoms with Gasteiger partial charge in [-0.25, -0.2) is 21.2 Å². The number of hydrogen-bond donors (Lipinski definition) is 2. The van der Waals surface area contributed by atoms with Crippen molar-refractivity contribution in [2.24, 2.45) is 0 Å². The number of anilines is 2. The maximum absolute atomic E-state index is 13.7. The highest BCUT2D eigenvalue weighted by atomic mass is 32.2. The Labute approximate surface area is 169 Å². The number of aryl methyl sites for hydroxylation is 1. The van der Waals surface area contributed by atoms with Crippen LogP contribution in [0.25, 0.3) is 0 Å². The van der Waals surface area contributed by atoms with Gasteiger partial charge in [-0.2, -0.15) is 0 Å². The standard InChI is InChI=1S/C20H19FN2O4S2/c1-15-6-2-5-9-20(15)23-29(26,27)18-12-10-17(11-13-18)22-28(24,25)14-16-7-3-4-8-19(16)21/h2-13,22-23H,14H2,1H3. The molecule has 6 nitrogen and oxygen atoms in total. The van der Waals surface area contributed by atoms with Gasteiger partial charge in [-0.15, -0.1) is 0 Å². The van der Waals surface area contributed by atoms with Crippen LogP contribution >= 0.6 is 0 Å². The van der Waals surface area contributed by atoms with E-state index in [1.807, 2.05) is 0 Å². The highest BCUT2D eigenvalue weighted by Gasteiger charge is 2.17. The smallest absolute Gasteiger partial charge is 0.261 e. The third kappa shape index (κ3) is 5.33. The Bertz CT molecular complexity index is 1230. The van der Waals surface area contributed by atoms with Crippen LogP contribution in [-0.2, 0) is 25.8 Å². The lowest BCUT2D eigenvalue weighted by Crippen LogP contribution is -2.16. The minimum absolute atomic E-state index is 0.0159. The number of benzene rings is 3. The first kappa shape index (κ1) is 20.8. The Morgan fingerprint density at radius 3 is 2.07 bits per heavy atom. The number of sulfonamides is 2. The zero-order valence-corrected chi connectivity index (χ0v) is 17.1. The fourth-order valence-electron chi connectivity index (χ4n) is 2.63. The summed E-state index contributed by atoms with van der Waals surface area (Å²) in [5.41, 5.74) is 1.45. The van der Waals surface area contributed by atoms with E-state index in [1.54, 1.807) is 37.3 Å². The minimum atomic E-state index is -3.87. The average molecular weight is 435 g/mol. The fraction of sp³-hybridized carbons (Fsp3) is 0.100. The molecule has 0 aromatic heterocycles. The molecule has 0 radical (unpaired) electrons. The van der Waals surface area contributed by atoms with Gasteiger partial charge in [0.25, 0.3) is 10.0 Å². The first-order chi connectivity index (χ1) is 13.7. The van der Waals surface area contributed by atoms with Gasteiger partial charge in [0.1, 0.15) is 5.82 Å². The van der Waals surface area contributed by atoms with E-state index in [4.69, 9.17) is 0 Å². The van der Waals surface area contributed by atoms with Crippen molar-refractivity contribution in [2.45, 2.75) is 17.6 Å². The van der Waals surface area contributed by atoms with E-state index >= 15 is 0 Å². The molecule has 0 atom stereocenters. The van der Waals surface area contributed by atoms with E-state index in [0.717, 1.165) is 5.56 Å². The predicted octanol–water partition coefficient (Wildman–Crippen LogP) is 3.88. The average Bonchev–Trinajstić information content (AvgIpc) is 2.65. The van der Waals surface area contributed by atoms with Gasteiger partial charge >= 0.3 is 0 Å². The Balaban J connectivity index is 1.74. The predicted molar refractivity (Wildman–Crippen MR) is 111 cm³/mol. The van der Waals surface area contributed by atoms with Gasteiger partial charge in [-0.3, -0.25) is 9.44 Å². The molecule has 3 rings (SSSR count). The monoisotopic (exact) mass is 434 g/mol. The summed E-state index contributed by atoms with van der Waals surface area (Å²) < 4.78 is 68.1. The van der Waals surface area contributed by atoms with Crippen LogP contribution in [-0.4, -0.2) is 16.8 Å².